The van der Waals surface area contributed by atoms with Gasteiger partial charge in [-0.15, -0.1) is 0 Å². The summed E-state index contributed by atoms with van der Waals surface area (Å²) in [6.07, 6.45) is -0.663. The van der Waals surface area contributed by atoms with Gasteiger partial charge in [0.15, 0.2) is 17.6 Å². The third-order valence-corrected chi connectivity index (χ3v) is 3.72. The average molecular weight is 313 g/mol. The standard InChI is InChI=1S/C17H15NO5/c19-17-18(12-4-2-1-3-5-12)9-14(23-17)10-20-13-6-7-15-16(8-13)22-11-21-15/h1-8,14H,9-11H2. The number of carbonyl (C=O) groups excluding carboxylic acids is 1. The lowest BCUT2D eigenvalue weighted by molar-refractivity contribution is 0.105. The number of hydrogen-bond donors (Lipinski definition) is 0. The first-order chi connectivity index (χ1) is 11.3. The monoisotopic (exact) mass is 313 g/mol. The summed E-state index contributed by atoms with van der Waals surface area (Å²) in [5.74, 6) is 2.03. The molecule has 1 amide bonds. The van der Waals surface area contributed by atoms with Crippen LogP contribution >= 0.6 is 0 Å². The number of anilines is 1. The minimum Gasteiger partial charge on any atom is -0.490 e. The minimum absolute atomic E-state index is 0.227. The van der Waals surface area contributed by atoms with Crippen LogP contribution in [0.15, 0.2) is 48.5 Å². The van der Waals surface area contributed by atoms with E-state index in [0.717, 1.165) is 5.69 Å². The number of benzene rings is 2. The van der Waals surface area contributed by atoms with Crippen LogP contribution < -0.4 is 19.1 Å². The van der Waals surface area contributed by atoms with Gasteiger partial charge in [0.2, 0.25) is 6.79 Å². The van der Waals surface area contributed by atoms with Gasteiger partial charge in [-0.25, -0.2) is 4.79 Å². The zero-order valence-electron chi connectivity index (χ0n) is 12.3. The molecule has 0 aliphatic carbocycles. The molecule has 0 N–H and O–H groups in total. The maximum atomic E-state index is 12.0. The maximum Gasteiger partial charge on any atom is 0.414 e. The number of rotatable bonds is 4. The van der Waals surface area contributed by atoms with E-state index in [1.807, 2.05) is 30.3 Å². The molecule has 2 aromatic rings. The lowest BCUT2D eigenvalue weighted by Crippen LogP contribution is -2.26. The van der Waals surface area contributed by atoms with Crippen molar-refractivity contribution < 1.29 is 23.7 Å². The van der Waals surface area contributed by atoms with E-state index in [4.69, 9.17) is 18.9 Å². The van der Waals surface area contributed by atoms with E-state index in [-0.39, 0.29) is 25.6 Å². The van der Waals surface area contributed by atoms with Gasteiger partial charge in [-0.05, 0) is 24.3 Å². The molecule has 118 valence electrons. The van der Waals surface area contributed by atoms with Crippen LogP contribution in [-0.4, -0.2) is 32.1 Å². The molecular weight excluding hydrogens is 298 g/mol. The molecule has 1 unspecified atom stereocenters. The third kappa shape index (κ3) is 2.75. The summed E-state index contributed by atoms with van der Waals surface area (Å²) in [5, 5.41) is 0. The fourth-order valence-electron chi connectivity index (χ4n) is 2.58. The van der Waals surface area contributed by atoms with Crippen LogP contribution in [0.5, 0.6) is 17.2 Å². The Morgan fingerprint density at radius 3 is 2.78 bits per heavy atom. The Morgan fingerprint density at radius 1 is 1.09 bits per heavy atom. The Hall–Kier alpha value is -2.89. The van der Waals surface area contributed by atoms with E-state index in [1.54, 1.807) is 23.1 Å². The number of cyclic esters (lactones) is 1. The van der Waals surface area contributed by atoms with Crippen molar-refractivity contribution in [2.75, 3.05) is 24.8 Å². The molecular formula is C17H15NO5. The predicted molar refractivity (Wildman–Crippen MR) is 82.1 cm³/mol. The first kappa shape index (κ1) is 13.8. The average Bonchev–Trinajstić information content (AvgIpc) is 3.19. The number of hydrogen-bond acceptors (Lipinski definition) is 5. The molecule has 2 aliphatic heterocycles. The predicted octanol–water partition coefficient (Wildman–Crippen LogP) is 2.82. The zero-order valence-corrected chi connectivity index (χ0v) is 12.3. The van der Waals surface area contributed by atoms with Crippen molar-refractivity contribution in [3.05, 3.63) is 48.5 Å². The molecule has 4 rings (SSSR count). The topological polar surface area (TPSA) is 57.2 Å². The highest BCUT2D eigenvalue weighted by molar-refractivity contribution is 5.89. The highest BCUT2D eigenvalue weighted by atomic mass is 16.7. The summed E-state index contributed by atoms with van der Waals surface area (Å²) >= 11 is 0. The van der Waals surface area contributed by atoms with Crippen molar-refractivity contribution in [3.63, 3.8) is 0 Å². The van der Waals surface area contributed by atoms with Gasteiger partial charge in [0, 0.05) is 11.8 Å². The van der Waals surface area contributed by atoms with Gasteiger partial charge < -0.3 is 18.9 Å². The van der Waals surface area contributed by atoms with Gasteiger partial charge in [0.1, 0.15) is 12.4 Å². The summed E-state index contributed by atoms with van der Waals surface area (Å²) in [5.41, 5.74) is 0.822. The Bertz CT molecular complexity index is 718. The van der Waals surface area contributed by atoms with Crippen molar-refractivity contribution in [2.24, 2.45) is 0 Å². The van der Waals surface area contributed by atoms with Crippen molar-refractivity contribution in [1.82, 2.24) is 0 Å². The second-order valence-electron chi connectivity index (χ2n) is 5.28. The van der Waals surface area contributed by atoms with E-state index in [2.05, 4.69) is 0 Å². The van der Waals surface area contributed by atoms with Crippen LogP contribution in [0.4, 0.5) is 10.5 Å². The summed E-state index contributed by atoms with van der Waals surface area (Å²) in [7, 11) is 0. The SMILES string of the molecule is O=C1OC(COc2ccc3c(c2)OCO3)CN1c1ccccc1. The fourth-order valence-corrected chi connectivity index (χ4v) is 2.58. The molecule has 2 aliphatic rings. The van der Waals surface area contributed by atoms with E-state index in [1.165, 1.54) is 0 Å². The van der Waals surface area contributed by atoms with Gasteiger partial charge in [0.25, 0.3) is 0 Å². The molecule has 2 heterocycles. The molecule has 1 atom stereocenters. The molecule has 6 heteroatoms. The fraction of sp³-hybridized carbons (Fsp3) is 0.235. The Kier molecular flexibility index (Phi) is 3.42. The molecule has 23 heavy (non-hydrogen) atoms. The highest BCUT2D eigenvalue weighted by Gasteiger charge is 2.32. The second kappa shape index (κ2) is 5.72. The summed E-state index contributed by atoms with van der Waals surface area (Å²) < 4.78 is 21.6. The Morgan fingerprint density at radius 2 is 1.91 bits per heavy atom. The summed E-state index contributed by atoms with van der Waals surface area (Å²) in [6, 6.07) is 14.8. The van der Waals surface area contributed by atoms with E-state index in [9.17, 15) is 4.79 Å². The van der Waals surface area contributed by atoms with Crippen LogP contribution in [0.3, 0.4) is 0 Å². The summed E-state index contributed by atoms with van der Waals surface area (Å²) in [4.78, 5) is 13.6. The molecule has 0 aromatic heterocycles. The normalized spacial score (nSPS) is 18.9. The van der Waals surface area contributed by atoms with E-state index < -0.39 is 0 Å². The number of para-hydroxylation sites is 1. The smallest absolute Gasteiger partial charge is 0.414 e. The van der Waals surface area contributed by atoms with Crippen LogP contribution in [0.1, 0.15) is 0 Å². The number of fused-ring (bicyclic) bond motifs is 1. The van der Waals surface area contributed by atoms with Crippen LogP contribution in [-0.2, 0) is 4.74 Å². The van der Waals surface area contributed by atoms with Gasteiger partial charge in [-0.2, -0.15) is 0 Å². The Labute approximate surface area is 133 Å². The van der Waals surface area contributed by atoms with Crippen molar-refractivity contribution in [2.45, 2.75) is 6.10 Å². The molecule has 0 radical (unpaired) electrons. The lowest BCUT2D eigenvalue weighted by atomic mass is 10.3. The molecule has 2 aromatic carbocycles. The highest BCUT2D eigenvalue weighted by Crippen LogP contribution is 2.35. The van der Waals surface area contributed by atoms with Gasteiger partial charge in [-0.3, -0.25) is 4.90 Å². The number of carbonyl (C=O) groups is 1. The van der Waals surface area contributed by atoms with Crippen LogP contribution in [0.25, 0.3) is 0 Å². The molecule has 1 saturated heterocycles. The second-order valence-corrected chi connectivity index (χ2v) is 5.28. The first-order valence-corrected chi connectivity index (χ1v) is 7.35. The number of nitrogens with zero attached hydrogens (tertiary/aromatic N) is 1. The van der Waals surface area contributed by atoms with Crippen molar-refractivity contribution >= 4 is 11.8 Å². The quantitative estimate of drug-likeness (QED) is 0.869. The first-order valence-electron chi connectivity index (χ1n) is 7.35. The zero-order chi connectivity index (χ0) is 15.6. The Balaban J connectivity index is 1.38. The number of amides is 1. The van der Waals surface area contributed by atoms with Crippen molar-refractivity contribution in [3.8, 4) is 17.2 Å². The third-order valence-electron chi connectivity index (χ3n) is 3.72. The molecule has 0 bridgehead atoms. The van der Waals surface area contributed by atoms with Crippen molar-refractivity contribution in [1.29, 1.82) is 0 Å². The maximum absolute atomic E-state index is 12.0. The molecule has 0 spiro atoms. The van der Waals surface area contributed by atoms with Crippen LogP contribution in [0.2, 0.25) is 0 Å². The molecule has 6 nitrogen and oxygen atoms in total. The lowest BCUT2D eigenvalue weighted by Gasteiger charge is -2.13. The molecule has 0 saturated carbocycles. The number of ether oxygens (including phenoxy) is 4. The summed E-state index contributed by atoms with van der Waals surface area (Å²) in [6.45, 7) is 0.979. The largest absolute Gasteiger partial charge is 0.490 e. The van der Waals surface area contributed by atoms with Gasteiger partial charge >= 0.3 is 6.09 Å². The van der Waals surface area contributed by atoms with Gasteiger partial charge in [0.05, 0.1) is 6.54 Å². The van der Waals surface area contributed by atoms with E-state index >= 15 is 0 Å². The van der Waals surface area contributed by atoms with Crippen LogP contribution in [0, 0.1) is 0 Å². The molecule has 1 fully saturated rings. The van der Waals surface area contributed by atoms with E-state index in [0.29, 0.717) is 23.8 Å². The van der Waals surface area contributed by atoms with Gasteiger partial charge in [-0.1, -0.05) is 18.2 Å². The minimum atomic E-state index is -0.351.